The molecule has 0 spiro atoms. The van der Waals surface area contributed by atoms with E-state index in [0.717, 1.165) is 13.0 Å². The molecule has 3 N–H and O–H groups in total. The second-order valence-electron chi connectivity index (χ2n) is 5.61. The van der Waals surface area contributed by atoms with Gasteiger partial charge in [0.1, 0.15) is 5.69 Å². The lowest BCUT2D eigenvalue weighted by molar-refractivity contribution is 0.0884. The number of aromatic nitrogens is 2. The molecule has 6 nitrogen and oxygen atoms in total. The zero-order valence-electron chi connectivity index (χ0n) is 12.3. The van der Waals surface area contributed by atoms with Gasteiger partial charge in [0, 0.05) is 19.6 Å². The minimum Gasteiger partial charge on any atom is -0.390 e. The summed E-state index contributed by atoms with van der Waals surface area (Å²) < 4.78 is 0. The van der Waals surface area contributed by atoms with Crippen LogP contribution in [0.15, 0.2) is 42.9 Å². The number of aliphatic hydroxyl groups is 1. The molecule has 1 aromatic carbocycles. The molecule has 0 saturated carbocycles. The van der Waals surface area contributed by atoms with Gasteiger partial charge in [0.15, 0.2) is 0 Å². The van der Waals surface area contributed by atoms with Crippen LogP contribution in [0.5, 0.6) is 0 Å². The molecule has 1 amide bonds. The molecule has 3 rings (SSSR count). The molecule has 0 aliphatic carbocycles. The summed E-state index contributed by atoms with van der Waals surface area (Å²) in [6.07, 6.45) is 3.34. The Kier molecular flexibility index (Phi) is 4.50. The van der Waals surface area contributed by atoms with Crippen LogP contribution in [0.4, 0.5) is 0 Å². The fraction of sp³-hybridized carbons (Fsp3) is 0.375. The maximum Gasteiger partial charge on any atom is 0.269 e. The molecule has 2 heterocycles. The number of aliphatic hydroxyl groups excluding tert-OH is 1. The number of likely N-dealkylation sites (tertiary alicyclic amines) is 1. The van der Waals surface area contributed by atoms with Gasteiger partial charge in [0.05, 0.1) is 24.7 Å². The Morgan fingerprint density at radius 1 is 1.36 bits per heavy atom. The predicted molar refractivity (Wildman–Crippen MR) is 82.4 cm³/mol. The number of hydrogen-bond donors (Lipinski definition) is 3. The molecule has 0 radical (unpaired) electrons. The first-order valence-corrected chi connectivity index (χ1v) is 7.46. The topological polar surface area (TPSA) is 81.2 Å². The Morgan fingerprint density at radius 3 is 2.91 bits per heavy atom. The lowest BCUT2D eigenvalue weighted by atomic mass is 10.1. The van der Waals surface area contributed by atoms with Crippen molar-refractivity contribution in [2.75, 3.05) is 19.6 Å². The quantitative estimate of drug-likeness (QED) is 0.748. The second-order valence-corrected chi connectivity index (χ2v) is 5.61. The molecule has 22 heavy (non-hydrogen) atoms. The number of aromatic amines is 1. The van der Waals surface area contributed by atoms with Crippen molar-refractivity contribution in [2.24, 2.45) is 0 Å². The minimum absolute atomic E-state index is 0.230. The molecular weight excluding hydrogens is 280 g/mol. The van der Waals surface area contributed by atoms with Gasteiger partial charge in [-0.3, -0.25) is 9.69 Å². The fourth-order valence-corrected chi connectivity index (χ4v) is 2.75. The first kappa shape index (κ1) is 14.7. The number of hydrogen-bond acceptors (Lipinski definition) is 4. The van der Waals surface area contributed by atoms with Crippen LogP contribution in [0.25, 0.3) is 0 Å². The molecule has 0 unspecified atom stereocenters. The molecule has 1 aliphatic rings. The van der Waals surface area contributed by atoms with Crippen LogP contribution in [0.2, 0.25) is 0 Å². The van der Waals surface area contributed by atoms with Crippen molar-refractivity contribution in [1.82, 2.24) is 20.2 Å². The second kappa shape index (κ2) is 6.72. The summed E-state index contributed by atoms with van der Waals surface area (Å²) in [7, 11) is 0. The molecule has 1 aliphatic heterocycles. The molecule has 6 heteroatoms. The van der Waals surface area contributed by atoms with Gasteiger partial charge in [-0.15, -0.1) is 0 Å². The molecule has 2 aromatic rings. The number of H-pyrrole nitrogens is 1. The summed E-state index contributed by atoms with van der Waals surface area (Å²) in [6, 6.07) is 10.0. The van der Waals surface area contributed by atoms with Crippen molar-refractivity contribution in [3.8, 4) is 0 Å². The van der Waals surface area contributed by atoms with Crippen molar-refractivity contribution in [3.05, 3.63) is 54.1 Å². The SMILES string of the molecule is O=C(N[C@@H]1CN(CCc2ccccc2)C[C@H]1O)c1cnc[nH]1. The van der Waals surface area contributed by atoms with Gasteiger partial charge in [-0.25, -0.2) is 4.98 Å². The number of amides is 1. The molecule has 2 atom stereocenters. The van der Waals surface area contributed by atoms with Gasteiger partial charge in [-0.05, 0) is 12.0 Å². The van der Waals surface area contributed by atoms with Crippen LogP contribution in [0.1, 0.15) is 16.1 Å². The fourth-order valence-electron chi connectivity index (χ4n) is 2.75. The standard InChI is InChI=1S/C16H20N4O2/c21-15-10-20(7-6-12-4-2-1-3-5-12)9-14(15)19-16(22)13-8-17-11-18-13/h1-5,8,11,14-15,21H,6-7,9-10H2,(H,17,18)(H,19,22)/t14-,15-/m1/s1. The molecular formula is C16H20N4O2. The summed E-state index contributed by atoms with van der Waals surface area (Å²) in [6.45, 7) is 2.12. The van der Waals surface area contributed by atoms with E-state index in [1.807, 2.05) is 18.2 Å². The first-order valence-electron chi connectivity index (χ1n) is 7.46. The van der Waals surface area contributed by atoms with Gasteiger partial charge in [0.2, 0.25) is 0 Å². The number of β-amino-alcohol motifs (C(OH)–C–C–N with tert-alkyl or cyclic N) is 1. The average molecular weight is 300 g/mol. The van der Waals surface area contributed by atoms with Crippen molar-refractivity contribution in [1.29, 1.82) is 0 Å². The van der Waals surface area contributed by atoms with Gasteiger partial charge in [0.25, 0.3) is 5.91 Å². The van der Waals surface area contributed by atoms with Gasteiger partial charge in [-0.1, -0.05) is 30.3 Å². The highest BCUT2D eigenvalue weighted by Crippen LogP contribution is 2.12. The minimum atomic E-state index is -0.539. The lowest BCUT2D eigenvalue weighted by Crippen LogP contribution is -2.43. The van der Waals surface area contributed by atoms with Gasteiger partial charge in [-0.2, -0.15) is 0 Å². The van der Waals surface area contributed by atoms with E-state index < -0.39 is 6.10 Å². The van der Waals surface area contributed by atoms with Gasteiger partial charge >= 0.3 is 0 Å². The van der Waals surface area contributed by atoms with E-state index in [1.165, 1.54) is 18.1 Å². The van der Waals surface area contributed by atoms with Crippen LogP contribution < -0.4 is 5.32 Å². The number of nitrogens with one attached hydrogen (secondary N) is 2. The summed E-state index contributed by atoms with van der Waals surface area (Å²) in [5.41, 5.74) is 1.69. The van der Waals surface area contributed by atoms with E-state index in [4.69, 9.17) is 0 Å². The molecule has 1 aromatic heterocycles. The molecule has 1 saturated heterocycles. The maximum atomic E-state index is 12.0. The van der Waals surface area contributed by atoms with Crippen molar-refractivity contribution in [3.63, 3.8) is 0 Å². The third kappa shape index (κ3) is 3.52. The number of imidazole rings is 1. The Labute approximate surface area is 129 Å². The van der Waals surface area contributed by atoms with Crippen LogP contribution >= 0.6 is 0 Å². The monoisotopic (exact) mass is 300 g/mol. The highest BCUT2D eigenvalue weighted by atomic mass is 16.3. The van der Waals surface area contributed by atoms with E-state index in [2.05, 4.69) is 32.3 Å². The molecule has 0 bridgehead atoms. The highest BCUT2D eigenvalue weighted by molar-refractivity contribution is 5.92. The van der Waals surface area contributed by atoms with Crippen LogP contribution in [-0.4, -0.2) is 57.7 Å². The Balaban J connectivity index is 1.50. The van der Waals surface area contributed by atoms with Crippen LogP contribution in [0.3, 0.4) is 0 Å². The van der Waals surface area contributed by atoms with Gasteiger partial charge < -0.3 is 15.4 Å². The van der Waals surface area contributed by atoms with E-state index in [1.54, 1.807) is 0 Å². The summed E-state index contributed by atoms with van der Waals surface area (Å²) in [5.74, 6) is -0.230. The number of nitrogens with zero attached hydrogens (tertiary/aromatic N) is 2. The number of carbonyl (C=O) groups is 1. The largest absolute Gasteiger partial charge is 0.390 e. The lowest BCUT2D eigenvalue weighted by Gasteiger charge is -2.16. The summed E-state index contributed by atoms with van der Waals surface area (Å²) >= 11 is 0. The third-order valence-corrected chi connectivity index (χ3v) is 3.98. The number of carbonyl (C=O) groups excluding carboxylic acids is 1. The zero-order valence-corrected chi connectivity index (χ0v) is 12.3. The maximum absolute atomic E-state index is 12.0. The predicted octanol–water partition coefficient (Wildman–Crippen LogP) is 0.427. The van der Waals surface area contributed by atoms with E-state index in [9.17, 15) is 9.90 Å². The van der Waals surface area contributed by atoms with Crippen molar-refractivity contribution < 1.29 is 9.90 Å². The smallest absolute Gasteiger partial charge is 0.269 e. The Bertz CT molecular complexity index is 600. The van der Waals surface area contributed by atoms with Crippen LogP contribution in [0, 0.1) is 0 Å². The third-order valence-electron chi connectivity index (χ3n) is 3.98. The van der Waals surface area contributed by atoms with E-state index in [-0.39, 0.29) is 11.9 Å². The zero-order chi connectivity index (χ0) is 15.4. The molecule has 116 valence electrons. The Morgan fingerprint density at radius 2 is 2.18 bits per heavy atom. The first-order chi connectivity index (χ1) is 10.7. The summed E-state index contributed by atoms with van der Waals surface area (Å²) in [5, 5.41) is 13.0. The summed E-state index contributed by atoms with van der Waals surface area (Å²) in [4.78, 5) is 20.7. The van der Waals surface area contributed by atoms with E-state index in [0.29, 0.717) is 18.8 Å². The normalized spacial score (nSPS) is 21.9. The molecule has 1 fully saturated rings. The highest BCUT2D eigenvalue weighted by Gasteiger charge is 2.32. The van der Waals surface area contributed by atoms with Crippen molar-refractivity contribution in [2.45, 2.75) is 18.6 Å². The number of rotatable bonds is 5. The van der Waals surface area contributed by atoms with Crippen LogP contribution in [-0.2, 0) is 6.42 Å². The average Bonchev–Trinajstić information content (AvgIpc) is 3.17. The number of benzene rings is 1. The van der Waals surface area contributed by atoms with E-state index >= 15 is 0 Å². The van der Waals surface area contributed by atoms with Crippen molar-refractivity contribution >= 4 is 5.91 Å². The Hall–Kier alpha value is -2.18.